The Balaban J connectivity index is 2.15. The van der Waals surface area contributed by atoms with Crippen LogP contribution in [0.3, 0.4) is 0 Å². The van der Waals surface area contributed by atoms with Crippen molar-refractivity contribution in [3.63, 3.8) is 0 Å². The van der Waals surface area contributed by atoms with Gasteiger partial charge in [-0.2, -0.15) is 0 Å². The quantitative estimate of drug-likeness (QED) is 0.570. The van der Waals surface area contributed by atoms with Gasteiger partial charge in [0.1, 0.15) is 0 Å². The van der Waals surface area contributed by atoms with Crippen molar-refractivity contribution in [2.75, 3.05) is 26.7 Å². The van der Waals surface area contributed by atoms with E-state index in [0.29, 0.717) is 6.04 Å². The van der Waals surface area contributed by atoms with E-state index in [2.05, 4.69) is 35.7 Å². The third kappa shape index (κ3) is 0.993. The van der Waals surface area contributed by atoms with E-state index in [9.17, 15) is 0 Å². The average Bonchev–Trinajstić information content (AvgIpc) is 2.53. The molecule has 1 saturated heterocycles. The Morgan fingerprint density at radius 1 is 1.50 bits per heavy atom. The summed E-state index contributed by atoms with van der Waals surface area (Å²) in [4.78, 5) is 9.20. The first-order valence-corrected chi connectivity index (χ1v) is 4.72. The summed E-state index contributed by atoms with van der Waals surface area (Å²) in [5.41, 5.74) is 0. The van der Waals surface area contributed by atoms with Crippen LogP contribution in [-0.2, 0) is 0 Å². The Morgan fingerprint density at radius 3 is 2.83 bits per heavy atom. The van der Waals surface area contributed by atoms with Crippen molar-refractivity contribution in [3.8, 4) is 0 Å². The van der Waals surface area contributed by atoms with Crippen LogP contribution in [0.5, 0.6) is 0 Å². The highest BCUT2D eigenvalue weighted by Gasteiger charge is 2.36. The predicted octanol–water partition coefficient (Wildman–Crippen LogP) is 0.628. The van der Waals surface area contributed by atoms with E-state index >= 15 is 0 Å². The van der Waals surface area contributed by atoms with Crippen molar-refractivity contribution in [3.05, 3.63) is 0 Å². The first-order valence-electron chi connectivity index (χ1n) is 4.72. The molecule has 1 atom stereocenters. The van der Waals surface area contributed by atoms with Crippen LogP contribution in [0.15, 0.2) is 4.99 Å². The van der Waals surface area contributed by atoms with Gasteiger partial charge in [0.15, 0.2) is 5.96 Å². The van der Waals surface area contributed by atoms with Crippen molar-refractivity contribution in [2.24, 2.45) is 10.9 Å². The monoisotopic (exact) mass is 167 g/mol. The van der Waals surface area contributed by atoms with Crippen molar-refractivity contribution in [1.29, 1.82) is 0 Å². The van der Waals surface area contributed by atoms with Gasteiger partial charge in [-0.15, -0.1) is 0 Å². The number of guanidine groups is 1. The molecule has 0 aliphatic carbocycles. The second-order valence-electron chi connectivity index (χ2n) is 4.05. The maximum absolute atomic E-state index is 4.48. The first-order chi connectivity index (χ1) is 5.70. The summed E-state index contributed by atoms with van der Waals surface area (Å²) in [6.07, 6.45) is 0. The summed E-state index contributed by atoms with van der Waals surface area (Å²) in [7, 11) is 2.16. The standard InChI is InChI=1S/C9H17N3/c1-7(2)8-6-12-5-4-10-9(12)11(8)3/h7-8H,4-6H2,1-3H3. The van der Waals surface area contributed by atoms with E-state index in [1.54, 1.807) is 0 Å². The fourth-order valence-corrected chi connectivity index (χ4v) is 2.13. The lowest BCUT2D eigenvalue weighted by Crippen LogP contribution is -2.34. The minimum Gasteiger partial charge on any atom is -0.341 e. The molecule has 68 valence electrons. The molecule has 12 heavy (non-hydrogen) atoms. The molecule has 3 heteroatoms. The van der Waals surface area contributed by atoms with Crippen molar-refractivity contribution < 1.29 is 0 Å². The van der Waals surface area contributed by atoms with Crippen molar-refractivity contribution in [2.45, 2.75) is 19.9 Å². The molecular weight excluding hydrogens is 150 g/mol. The lowest BCUT2D eigenvalue weighted by Gasteiger charge is -2.22. The molecule has 0 radical (unpaired) electrons. The summed E-state index contributed by atoms with van der Waals surface area (Å²) in [5.74, 6) is 1.94. The minimum atomic E-state index is 0.670. The number of fused-ring (bicyclic) bond motifs is 1. The molecular formula is C9H17N3. The van der Waals surface area contributed by atoms with E-state index in [0.717, 1.165) is 19.0 Å². The molecule has 2 heterocycles. The molecule has 2 aliphatic rings. The Kier molecular flexibility index (Phi) is 1.74. The highest BCUT2D eigenvalue weighted by atomic mass is 15.5. The lowest BCUT2D eigenvalue weighted by atomic mass is 10.0. The molecule has 0 spiro atoms. The third-order valence-electron chi connectivity index (χ3n) is 2.90. The molecule has 0 amide bonds. The zero-order valence-corrected chi connectivity index (χ0v) is 8.12. The van der Waals surface area contributed by atoms with E-state index in [1.807, 2.05) is 0 Å². The molecule has 3 nitrogen and oxygen atoms in total. The van der Waals surface area contributed by atoms with Gasteiger partial charge in [-0.1, -0.05) is 13.8 Å². The average molecular weight is 167 g/mol. The molecule has 0 N–H and O–H groups in total. The number of likely N-dealkylation sites (N-methyl/N-ethyl adjacent to an activating group) is 1. The molecule has 0 aromatic carbocycles. The van der Waals surface area contributed by atoms with Gasteiger partial charge in [0.05, 0.1) is 12.6 Å². The summed E-state index contributed by atoms with van der Waals surface area (Å²) < 4.78 is 0. The Bertz CT molecular complexity index is 210. The van der Waals surface area contributed by atoms with Crippen LogP contribution in [0.4, 0.5) is 0 Å². The zero-order chi connectivity index (χ0) is 8.72. The number of nitrogens with zero attached hydrogens (tertiary/aromatic N) is 3. The normalized spacial score (nSPS) is 28.3. The Morgan fingerprint density at radius 2 is 2.25 bits per heavy atom. The maximum Gasteiger partial charge on any atom is 0.196 e. The van der Waals surface area contributed by atoms with Gasteiger partial charge >= 0.3 is 0 Å². The Labute approximate surface area is 74.1 Å². The van der Waals surface area contributed by atoms with Gasteiger partial charge in [-0.25, -0.2) is 0 Å². The molecule has 1 unspecified atom stereocenters. The maximum atomic E-state index is 4.48. The van der Waals surface area contributed by atoms with E-state index < -0.39 is 0 Å². The third-order valence-corrected chi connectivity index (χ3v) is 2.90. The molecule has 0 aromatic heterocycles. The van der Waals surface area contributed by atoms with Gasteiger partial charge in [0.25, 0.3) is 0 Å². The first kappa shape index (κ1) is 7.90. The molecule has 0 aromatic rings. The summed E-state index contributed by atoms with van der Waals surface area (Å²) in [6, 6.07) is 0.670. The highest BCUT2D eigenvalue weighted by molar-refractivity contribution is 5.83. The van der Waals surface area contributed by atoms with Crippen LogP contribution in [-0.4, -0.2) is 48.5 Å². The summed E-state index contributed by atoms with van der Waals surface area (Å²) in [5, 5.41) is 0. The molecule has 0 saturated carbocycles. The predicted molar refractivity (Wildman–Crippen MR) is 50.3 cm³/mol. The number of hydrogen-bond donors (Lipinski definition) is 0. The van der Waals surface area contributed by atoms with Crippen LogP contribution in [0, 0.1) is 5.92 Å². The number of hydrogen-bond acceptors (Lipinski definition) is 3. The largest absolute Gasteiger partial charge is 0.341 e. The fraction of sp³-hybridized carbons (Fsp3) is 0.889. The highest BCUT2D eigenvalue weighted by Crippen LogP contribution is 2.22. The summed E-state index contributed by atoms with van der Waals surface area (Å²) in [6.45, 7) is 7.86. The molecule has 2 rings (SSSR count). The van der Waals surface area contributed by atoms with E-state index in [1.165, 1.54) is 12.5 Å². The second kappa shape index (κ2) is 2.64. The van der Waals surface area contributed by atoms with Crippen LogP contribution < -0.4 is 0 Å². The van der Waals surface area contributed by atoms with Crippen LogP contribution in [0.2, 0.25) is 0 Å². The van der Waals surface area contributed by atoms with E-state index in [-0.39, 0.29) is 0 Å². The zero-order valence-electron chi connectivity index (χ0n) is 8.12. The number of aliphatic imine (C=N–C) groups is 1. The molecule has 0 bridgehead atoms. The van der Waals surface area contributed by atoms with Gasteiger partial charge in [0.2, 0.25) is 0 Å². The topological polar surface area (TPSA) is 18.8 Å². The minimum absolute atomic E-state index is 0.670. The van der Waals surface area contributed by atoms with Crippen LogP contribution >= 0.6 is 0 Å². The second-order valence-corrected chi connectivity index (χ2v) is 4.05. The van der Waals surface area contributed by atoms with Gasteiger partial charge in [0, 0.05) is 20.1 Å². The van der Waals surface area contributed by atoms with Gasteiger partial charge in [-0.05, 0) is 5.92 Å². The lowest BCUT2D eigenvalue weighted by molar-refractivity contribution is 0.306. The number of rotatable bonds is 1. The van der Waals surface area contributed by atoms with Crippen LogP contribution in [0.25, 0.3) is 0 Å². The summed E-state index contributed by atoms with van der Waals surface area (Å²) >= 11 is 0. The smallest absolute Gasteiger partial charge is 0.196 e. The molecule has 1 fully saturated rings. The fourth-order valence-electron chi connectivity index (χ4n) is 2.13. The van der Waals surface area contributed by atoms with Crippen LogP contribution in [0.1, 0.15) is 13.8 Å². The van der Waals surface area contributed by atoms with Crippen molar-refractivity contribution >= 4 is 5.96 Å². The Hall–Kier alpha value is -0.730. The van der Waals surface area contributed by atoms with Gasteiger partial charge in [-0.3, -0.25) is 4.99 Å². The van der Waals surface area contributed by atoms with E-state index in [4.69, 9.17) is 0 Å². The van der Waals surface area contributed by atoms with Crippen molar-refractivity contribution in [1.82, 2.24) is 9.80 Å². The molecule has 2 aliphatic heterocycles. The van der Waals surface area contributed by atoms with Gasteiger partial charge < -0.3 is 9.80 Å². The SMILES string of the molecule is CC(C)C1CN2CCN=C2N1C.